The normalized spacial score (nSPS) is 7.62. The van der Waals surface area contributed by atoms with E-state index in [2.05, 4.69) is 6.92 Å². The monoisotopic (exact) mass is 122 g/mol. The van der Waals surface area contributed by atoms with Gasteiger partial charge in [-0.15, -0.1) is 0 Å². The van der Waals surface area contributed by atoms with Gasteiger partial charge in [0.15, 0.2) is 0 Å². The summed E-state index contributed by atoms with van der Waals surface area (Å²) in [6.45, 7) is 2.12. The summed E-state index contributed by atoms with van der Waals surface area (Å²) in [6.07, 6.45) is 5.83. The first-order valence-corrected chi connectivity index (χ1v) is 2.76. The van der Waals surface area contributed by atoms with Gasteiger partial charge in [0.1, 0.15) is 0 Å². The van der Waals surface area contributed by atoms with Crippen molar-refractivity contribution in [3.05, 3.63) is 0 Å². The standard InChI is InChI=1S/C6H11O.Na/c1-2-3-4-5-6-7;/h2-5H2,1H3;/q-1;+1. The van der Waals surface area contributed by atoms with Gasteiger partial charge < -0.3 is 4.79 Å². The Morgan fingerprint density at radius 1 is 1.38 bits per heavy atom. The summed E-state index contributed by atoms with van der Waals surface area (Å²) < 4.78 is 0. The second-order valence-electron chi connectivity index (χ2n) is 1.60. The van der Waals surface area contributed by atoms with Gasteiger partial charge in [0.2, 0.25) is 0 Å². The Morgan fingerprint density at radius 2 is 2.00 bits per heavy atom. The van der Waals surface area contributed by atoms with Crippen LogP contribution >= 0.6 is 0 Å². The Kier molecular flexibility index (Phi) is 15.2. The van der Waals surface area contributed by atoms with Crippen LogP contribution in [0.2, 0.25) is 0 Å². The number of hydrogen-bond acceptors (Lipinski definition) is 1. The molecule has 0 atom stereocenters. The third kappa shape index (κ3) is 9.83. The van der Waals surface area contributed by atoms with Crippen molar-refractivity contribution in [2.45, 2.75) is 32.6 Å². The predicted octanol–water partition coefficient (Wildman–Crippen LogP) is -1.32. The van der Waals surface area contributed by atoms with Gasteiger partial charge in [-0.05, 0) is 0 Å². The number of hydrogen-bond donors (Lipinski definition) is 0. The SMILES string of the molecule is CCCCC[C-]=O.[Na+]. The molecule has 0 heterocycles. The Balaban J connectivity index is 0. The quantitative estimate of drug-likeness (QED) is 0.257. The number of carbonyl (C=O) groups excluding carboxylic acids is 1. The summed E-state index contributed by atoms with van der Waals surface area (Å²) in [6, 6.07) is 0. The molecule has 0 fully saturated rings. The maximum Gasteiger partial charge on any atom is 1.00 e. The van der Waals surface area contributed by atoms with Crippen LogP contribution in [0, 0.1) is 0 Å². The molecule has 0 unspecified atom stereocenters. The molecule has 0 N–H and O–H groups in total. The average molecular weight is 122 g/mol. The van der Waals surface area contributed by atoms with Crippen molar-refractivity contribution in [1.82, 2.24) is 0 Å². The second kappa shape index (κ2) is 10.6. The van der Waals surface area contributed by atoms with E-state index in [0.717, 1.165) is 12.8 Å². The molecule has 0 saturated carbocycles. The predicted molar refractivity (Wildman–Crippen MR) is 29.8 cm³/mol. The fourth-order valence-electron chi connectivity index (χ4n) is 0.447. The molecule has 0 saturated heterocycles. The van der Waals surface area contributed by atoms with Crippen LogP contribution in [0.15, 0.2) is 0 Å². The van der Waals surface area contributed by atoms with Crippen LogP contribution in [0.5, 0.6) is 0 Å². The van der Waals surface area contributed by atoms with Crippen LogP contribution < -0.4 is 29.6 Å². The minimum atomic E-state index is 0. The van der Waals surface area contributed by atoms with Crippen LogP contribution in [0.1, 0.15) is 32.6 Å². The zero-order chi connectivity index (χ0) is 5.54. The van der Waals surface area contributed by atoms with Gasteiger partial charge in [-0.2, -0.15) is 6.42 Å². The molecule has 0 radical (unpaired) electrons. The van der Waals surface area contributed by atoms with Crippen LogP contribution in [0.3, 0.4) is 0 Å². The zero-order valence-corrected chi connectivity index (χ0v) is 7.74. The van der Waals surface area contributed by atoms with E-state index in [4.69, 9.17) is 0 Å². The summed E-state index contributed by atoms with van der Waals surface area (Å²) in [5.41, 5.74) is 0. The van der Waals surface area contributed by atoms with Crippen molar-refractivity contribution >= 4 is 6.29 Å². The molecule has 2 heteroatoms. The van der Waals surface area contributed by atoms with Gasteiger partial charge in [-0.3, -0.25) is 6.29 Å². The Hall–Kier alpha value is 0.670. The van der Waals surface area contributed by atoms with Crippen molar-refractivity contribution in [2.24, 2.45) is 0 Å². The minimum absolute atomic E-state index is 0. The third-order valence-corrected chi connectivity index (χ3v) is 0.882. The van der Waals surface area contributed by atoms with Gasteiger partial charge in [0.25, 0.3) is 0 Å². The molecule has 0 amide bonds. The smallest absolute Gasteiger partial charge is 0.542 e. The molecule has 42 valence electrons. The summed E-state index contributed by atoms with van der Waals surface area (Å²) in [5, 5.41) is 0. The van der Waals surface area contributed by atoms with Gasteiger partial charge >= 0.3 is 29.6 Å². The number of unbranched alkanes of at least 4 members (excludes halogenated alkanes) is 3. The topological polar surface area (TPSA) is 17.1 Å². The largest absolute Gasteiger partial charge is 1.00 e. The Bertz CT molecular complexity index is 45.8. The second-order valence-corrected chi connectivity index (χ2v) is 1.60. The first-order chi connectivity index (χ1) is 3.41. The minimum Gasteiger partial charge on any atom is -0.542 e. The van der Waals surface area contributed by atoms with Crippen LogP contribution in [-0.4, -0.2) is 6.29 Å². The van der Waals surface area contributed by atoms with Crippen molar-refractivity contribution < 1.29 is 34.4 Å². The summed E-state index contributed by atoms with van der Waals surface area (Å²) in [5.74, 6) is 0. The molecule has 0 aliphatic carbocycles. The third-order valence-electron chi connectivity index (χ3n) is 0.882. The average Bonchev–Trinajstić information content (AvgIpc) is 1.69. The maximum absolute atomic E-state index is 9.55. The van der Waals surface area contributed by atoms with E-state index < -0.39 is 0 Å². The first kappa shape index (κ1) is 11.5. The Labute approximate surface area is 73.1 Å². The zero-order valence-electron chi connectivity index (χ0n) is 5.74. The van der Waals surface area contributed by atoms with Gasteiger partial charge in [0.05, 0.1) is 0 Å². The van der Waals surface area contributed by atoms with E-state index in [-0.39, 0.29) is 29.6 Å². The van der Waals surface area contributed by atoms with Crippen LogP contribution in [0.4, 0.5) is 0 Å². The van der Waals surface area contributed by atoms with Crippen molar-refractivity contribution in [3.8, 4) is 0 Å². The fourth-order valence-corrected chi connectivity index (χ4v) is 0.447. The summed E-state index contributed by atoms with van der Waals surface area (Å²) in [7, 11) is 0. The molecule has 1 nitrogen and oxygen atoms in total. The molecule has 0 aliphatic rings. The molecular weight excluding hydrogens is 111 g/mol. The van der Waals surface area contributed by atoms with Gasteiger partial charge in [-0.25, -0.2) is 0 Å². The molecule has 0 bridgehead atoms. The van der Waals surface area contributed by atoms with Crippen molar-refractivity contribution in [2.75, 3.05) is 0 Å². The van der Waals surface area contributed by atoms with E-state index in [1.54, 1.807) is 0 Å². The summed E-state index contributed by atoms with van der Waals surface area (Å²) in [4.78, 5) is 9.55. The molecule has 0 aromatic rings. The van der Waals surface area contributed by atoms with E-state index in [9.17, 15) is 4.79 Å². The van der Waals surface area contributed by atoms with E-state index in [1.165, 1.54) is 6.42 Å². The van der Waals surface area contributed by atoms with Crippen molar-refractivity contribution in [3.63, 3.8) is 0 Å². The molecule has 0 aromatic carbocycles. The summed E-state index contributed by atoms with van der Waals surface area (Å²) >= 11 is 0. The van der Waals surface area contributed by atoms with Gasteiger partial charge in [0, 0.05) is 0 Å². The maximum atomic E-state index is 9.55. The molecule has 0 rings (SSSR count). The fraction of sp³-hybridized carbons (Fsp3) is 0.833. The van der Waals surface area contributed by atoms with Crippen LogP contribution in [0.25, 0.3) is 0 Å². The van der Waals surface area contributed by atoms with Gasteiger partial charge in [-0.1, -0.05) is 26.2 Å². The molecule has 0 aliphatic heterocycles. The van der Waals surface area contributed by atoms with Crippen molar-refractivity contribution in [1.29, 1.82) is 0 Å². The van der Waals surface area contributed by atoms with Crippen LogP contribution in [-0.2, 0) is 4.79 Å². The van der Waals surface area contributed by atoms with E-state index in [0.29, 0.717) is 6.42 Å². The van der Waals surface area contributed by atoms with E-state index >= 15 is 0 Å². The molecular formula is C6H11NaO. The first-order valence-electron chi connectivity index (χ1n) is 2.76. The molecule has 8 heavy (non-hydrogen) atoms. The van der Waals surface area contributed by atoms with E-state index in [1.807, 2.05) is 6.29 Å². The Morgan fingerprint density at radius 3 is 2.38 bits per heavy atom. The molecule has 0 spiro atoms. The molecule has 0 aromatic heterocycles. The number of rotatable bonds is 4.